The Morgan fingerprint density at radius 1 is 1.07 bits per heavy atom. The molecular weight excluding hydrogens is 406 g/mol. The molecule has 0 aliphatic carbocycles. The monoisotopic (exact) mass is 429 g/mol. The number of aromatic nitrogens is 3. The molecule has 5 nitrogen and oxygen atoms in total. The number of carbonyl (C=O) groups is 1. The lowest BCUT2D eigenvalue weighted by atomic mass is 9.99. The number of rotatable bonds is 8. The van der Waals surface area contributed by atoms with Crippen LogP contribution >= 0.6 is 23.4 Å². The van der Waals surface area contributed by atoms with E-state index in [-0.39, 0.29) is 5.78 Å². The van der Waals surface area contributed by atoms with Crippen LogP contribution in [0.3, 0.4) is 0 Å². The summed E-state index contributed by atoms with van der Waals surface area (Å²) in [5.41, 5.74) is 5.00. The van der Waals surface area contributed by atoms with Gasteiger partial charge in [0.1, 0.15) is 0 Å². The van der Waals surface area contributed by atoms with Gasteiger partial charge >= 0.3 is 0 Å². The fourth-order valence-electron chi connectivity index (χ4n) is 3.06. The summed E-state index contributed by atoms with van der Waals surface area (Å²) in [6.07, 6.45) is 0. The van der Waals surface area contributed by atoms with Gasteiger partial charge in [-0.1, -0.05) is 29.4 Å². The van der Waals surface area contributed by atoms with Crippen LogP contribution in [-0.4, -0.2) is 40.0 Å². The maximum Gasteiger partial charge on any atom is 0.192 e. The van der Waals surface area contributed by atoms with Crippen molar-refractivity contribution in [1.29, 1.82) is 0 Å². The standard InChI is InChI=1S/C22H24ClN3O2S/c1-14-11-16(3)19(12-15(14)2)20(27)13-29-22-25-24-21(26(22)9-10-28-4)17-5-7-18(23)8-6-17/h5-8,11-12H,9-10,13H2,1-4H3. The van der Waals surface area contributed by atoms with Crippen molar-refractivity contribution in [2.24, 2.45) is 0 Å². The topological polar surface area (TPSA) is 57.0 Å². The lowest BCUT2D eigenvalue weighted by Gasteiger charge is -2.11. The Balaban J connectivity index is 1.82. The van der Waals surface area contributed by atoms with Gasteiger partial charge in [0, 0.05) is 23.3 Å². The first-order chi connectivity index (χ1) is 13.9. The second-order valence-electron chi connectivity index (χ2n) is 6.92. The Labute approximate surface area is 180 Å². The molecule has 0 spiro atoms. The number of Topliss-reactive ketones (excluding diaryl/α,β-unsaturated/α-hetero) is 1. The van der Waals surface area contributed by atoms with Crippen LogP contribution in [0.4, 0.5) is 0 Å². The zero-order chi connectivity index (χ0) is 21.0. The molecule has 0 atom stereocenters. The molecule has 1 aromatic heterocycles. The Morgan fingerprint density at radius 3 is 2.45 bits per heavy atom. The minimum Gasteiger partial charge on any atom is -0.383 e. The van der Waals surface area contributed by atoms with Gasteiger partial charge in [-0.15, -0.1) is 10.2 Å². The number of carbonyl (C=O) groups excluding carboxylic acids is 1. The average molecular weight is 430 g/mol. The number of hydrogen-bond donors (Lipinski definition) is 0. The molecular formula is C22H24ClN3O2S. The van der Waals surface area contributed by atoms with Gasteiger partial charge in [-0.3, -0.25) is 9.36 Å². The van der Waals surface area contributed by atoms with E-state index in [9.17, 15) is 4.79 Å². The maximum absolute atomic E-state index is 12.8. The van der Waals surface area contributed by atoms with Crippen LogP contribution in [0.5, 0.6) is 0 Å². The number of aryl methyl sites for hydroxylation is 3. The van der Waals surface area contributed by atoms with Crippen LogP contribution in [0.1, 0.15) is 27.0 Å². The van der Waals surface area contributed by atoms with Gasteiger partial charge < -0.3 is 4.74 Å². The molecule has 3 aromatic rings. The number of thioether (sulfide) groups is 1. The Kier molecular flexibility index (Phi) is 7.11. The molecule has 0 saturated heterocycles. The quantitative estimate of drug-likeness (QED) is 0.366. The molecule has 0 amide bonds. The minimum absolute atomic E-state index is 0.0879. The van der Waals surface area contributed by atoms with Gasteiger partial charge in [0.2, 0.25) is 0 Å². The first kappa shape index (κ1) is 21.6. The molecule has 0 saturated carbocycles. The first-order valence-electron chi connectivity index (χ1n) is 9.32. The van der Waals surface area contributed by atoms with Crippen molar-refractivity contribution in [3.63, 3.8) is 0 Å². The summed E-state index contributed by atoms with van der Waals surface area (Å²) in [5.74, 6) is 1.12. The predicted molar refractivity (Wildman–Crippen MR) is 118 cm³/mol. The third-order valence-corrected chi connectivity index (χ3v) is 6.03. The number of ketones is 1. The summed E-state index contributed by atoms with van der Waals surface area (Å²) in [7, 11) is 1.66. The van der Waals surface area contributed by atoms with Crippen LogP contribution in [-0.2, 0) is 11.3 Å². The molecule has 7 heteroatoms. The molecule has 2 aromatic carbocycles. The highest BCUT2D eigenvalue weighted by Gasteiger charge is 2.17. The molecule has 29 heavy (non-hydrogen) atoms. The van der Waals surface area contributed by atoms with E-state index in [0.29, 0.717) is 29.1 Å². The highest BCUT2D eigenvalue weighted by atomic mass is 35.5. The number of halogens is 1. The minimum atomic E-state index is 0.0879. The second-order valence-corrected chi connectivity index (χ2v) is 8.30. The molecule has 1 heterocycles. The smallest absolute Gasteiger partial charge is 0.192 e. The normalized spacial score (nSPS) is 11.1. The van der Waals surface area contributed by atoms with Crippen LogP contribution in [0, 0.1) is 20.8 Å². The zero-order valence-electron chi connectivity index (χ0n) is 17.0. The van der Waals surface area contributed by atoms with E-state index >= 15 is 0 Å². The van der Waals surface area contributed by atoms with E-state index in [0.717, 1.165) is 28.1 Å². The SMILES string of the molecule is COCCn1c(SCC(=O)c2cc(C)c(C)cc2C)nnc1-c1ccc(Cl)cc1. The fraction of sp³-hybridized carbons (Fsp3) is 0.318. The molecule has 0 aliphatic rings. The van der Waals surface area contributed by atoms with Gasteiger partial charge in [-0.25, -0.2) is 0 Å². The maximum atomic E-state index is 12.8. The van der Waals surface area contributed by atoms with Crippen molar-refractivity contribution < 1.29 is 9.53 Å². The van der Waals surface area contributed by atoms with Crippen LogP contribution in [0.15, 0.2) is 41.6 Å². The highest BCUT2D eigenvalue weighted by molar-refractivity contribution is 7.99. The van der Waals surface area contributed by atoms with Gasteiger partial charge in [0.15, 0.2) is 16.8 Å². The van der Waals surface area contributed by atoms with Crippen molar-refractivity contribution >= 4 is 29.1 Å². The molecule has 0 aliphatic heterocycles. The average Bonchev–Trinajstić information content (AvgIpc) is 3.10. The summed E-state index contributed by atoms with van der Waals surface area (Å²) in [6, 6.07) is 11.5. The summed E-state index contributed by atoms with van der Waals surface area (Å²) in [6.45, 7) is 7.18. The van der Waals surface area contributed by atoms with Gasteiger partial charge in [-0.05, 0) is 67.8 Å². The Bertz CT molecular complexity index is 1020. The summed E-state index contributed by atoms with van der Waals surface area (Å²) < 4.78 is 7.23. The van der Waals surface area contributed by atoms with Crippen molar-refractivity contribution in [1.82, 2.24) is 14.8 Å². The third kappa shape index (κ3) is 5.07. The van der Waals surface area contributed by atoms with Gasteiger partial charge in [0.25, 0.3) is 0 Å². The first-order valence-corrected chi connectivity index (χ1v) is 10.7. The molecule has 0 unspecified atom stereocenters. The summed E-state index contributed by atoms with van der Waals surface area (Å²) in [4.78, 5) is 12.8. The molecule has 0 N–H and O–H groups in total. The molecule has 3 rings (SSSR count). The third-order valence-electron chi connectivity index (χ3n) is 4.81. The van der Waals surface area contributed by atoms with E-state index in [1.807, 2.05) is 48.7 Å². The van der Waals surface area contributed by atoms with Crippen LogP contribution < -0.4 is 0 Å². The number of methoxy groups -OCH3 is 1. The molecule has 0 fully saturated rings. The summed E-state index contributed by atoms with van der Waals surface area (Å²) in [5, 5.41) is 10.0. The lowest BCUT2D eigenvalue weighted by molar-refractivity contribution is 0.102. The van der Waals surface area contributed by atoms with Gasteiger partial charge in [-0.2, -0.15) is 0 Å². The second kappa shape index (κ2) is 9.57. The number of hydrogen-bond acceptors (Lipinski definition) is 5. The highest BCUT2D eigenvalue weighted by Crippen LogP contribution is 2.26. The molecule has 0 bridgehead atoms. The van der Waals surface area contributed by atoms with Crippen molar-refractivity contribution in [2.45, 2.75) is 32.5 Å². The largest absolute Gasteiger partial charge is 0.383 e. The van der Waals surface area contributed by atoms with Gasteiger partial charge in [0.05, 0.1) is 18.9 Å². The number of ether oxygens (including phenoxy) is 1. The predicted octanol–water partition coefficient (Wildman–Crippen LogP) is 5.15. The van der Waals surface area contributed by atoms with E-state index in [1.54, 1.807) is 7.11 Å². The lowest BCUT2D eigenvalue weighted by Crippen LogP contribution is -2.10. The molecule has 152 valence electrons. The Hall–Kier alpha value is -2.15. The van der Waals surface area contributed by atoms with E-state index in [2.05, 4.69) is 23.2 Å². The van der Waals surface area contributed by atoms with Crippen LogP contribution in [0.2, 0.25) is 5.02 Å². The fourth-order valence-corrected chi connectivity index (χ4v) is 4.03. The van der Waals surface area contributed by atoms with E-state index in [4.69, 9.17) is 16.3 Å². The zero-order valence-corrected chi connectivity index (χ0v) is 18.6. The van der Waals surface area contributed by atoms with E-state index < -0.39 is 0 Å². The number of nitrogens with zero attached hydrogens (tertiary/aromatic N) is 3. The summed E-state index contributed by atoms with van der Waals surface area (Å²) >= 11 is 7.40. The van der Waals surface area contributed by atoms with Crippen LogP contribution in [0.25, 0.3) is 11.4 Å². The van der Waals surface area contributed by atoms with E-state index in [1.165, 1.54) is 17.3 Å². The van der Waals surface area contributed by atoms with Crippen molar-refractivity contribution in [2.75, 3.05) is 19.5 Å². The molecule has 0 radical (unpaired) electrons. The van der Waals surface area contributed by atoms with Crippen molar-refractivity contribution in [3.05, 3.63) is 63.7 Å². The Morgan fingerprint density at radius 2 is 1.76 bits per heavy atom. The van der Waals surface area contributed by atoms with Crippen molar-refractivity contribution in [3.8, 4) is 11.4 Å². The number of benzene rings is 2.